The van der Waals surface area contributed by atoms with E-state index in [2.05, 4.69) is 6.92 Å². The molecule has 3 heteroatoms. The van der Waals surface area contributed by atoms with Gasteiger partial charge < -0.3 is 10.2 Å². The van der Waals surface area contributed by atoms with Crippen molar-refractivity contribution in [2.24, 2.45) is 17.3 Å². The number of Topliss-reactive ketones (excluding diaryl/α,β-unsaturated/α-hetero) is 1. The fourth-order valence-corrected chi connectivity index (χ4v) is 5.42. The summed E-state index contributed by atoms with van der Waals surface area (Å²) in [4.78, 5) is 12.3. The van der Waals surface area contributed by atoms with Gasteiger partial charge in [-0.05, 0) is 60.8 Å². The van der Waals surface area contributed by atoms with Gasteiger partial charge in [0.2, 0.25) is 0 Å². The SMILES string of the molecule is C[C@]12C[C@@H](O)[C@@H]3c4ccc(O)cc4CC[C@@H]3[C@H]1CCC2=O. The van der Waals surface area contributed by atoms with E-state index in [4.69, 9.17) is 0 Å². The molecule has 0 heterocycles. The van der Waals surface area contributed by atoms with E-state index in [9.17, 15) is 15.0 Å². The molecule has 2 N–H and O–H groups in total. The number of carbonyl (C=O) groups excluding carboxylic acids is 1. The molecule has 2 fully saturated rings. The van der Waals surface area contributed by atoms with E-state index >= 15 is 0 Å². The number of aliphatic hydroxyl groups excluding tert-OH is 1. The highest BCUT2D eigenvalue weighted by molar-refractivity contribution is 5.87. The number of phenols is 1. The molecular formula is C18H22O3. The van der Waals surface area contributed by atoms with Gasteiger partial charge in [-0.2, -0.15) is 0 Å². The molecule has 1 aromatic carbocycles. The number of fused-ring (bicyclic) bond motifs is 5. The maximum Gasteiger partial charge on any atom is 0.139 e. The van der Waals surface area contributed by atoms with Crippen LogP contribution in [0.25, 0.3) is 0 Å². The predicted molar refractivity (Wildman–Crippen MR) is 79.1 cm³/mol. The Hall–Kier alpha value is -1.35. The smallest absolute Gasteiger partial charge is 0.139 e. The van der Waals surface area contributed by atoms with Crippen LogP contribution in [0.3, 0.4) is 0 Å². The molecule has 0 spiro atoms. The van der Waals surface area contributed by atoms with Gasteiger partial charge in [0.15, 0.2) is 0 Å². The molecule has 4 rings (SSSR count). The number of phenolic OH excluding ortho intramolecular Hbond substituents is 1. The van der Waals surface area contributed by atoms with E-state index in [1.54, 1.807) is 6.07 Å². The summed E-state index contributed by atoms with van der Waals surface area (Å²) >= 11 is 0. The number of aryl methyl sites for hydroxylation is 1. The van der Waals surface area contributed by atoms with Gasteiger partial charge in [-0.3, -0.25) is 4.79 Å². The van der Waals surface area contributed by atoms with Crippen molar-refractivity contribution in [3.8, 4) is 5.75 Å². The molecule has 0 bridgehead atoms. The van der Waals surface area contributed by atoms with Gasteiger partial charge in [-0.15, -0.1) is 0 Å². The van der Waals surface area contributed by atoms with Gasteiger partial charge >= 0.3 is 0 Å². The topological polar surface area (TPSA) is 57.5 Å². The average molecular weight is 286 g/mol. The van der Waals surface area contributed by atoms with Gasteiger partial charge in [0.25, 0.3) is 0 Å². The molecule has 0 aromatic heterocycles. The van der Waals surface area contributed by atoms with Gasteiger partial charge in [0.1, 0.15) is 11.5 Å². The summed E-state index contributed by atoms with van der Waals surface area (Å²) in [7, 11) is 0. The summed E-state index contributed by atoms with van der Waals surface area (Å²) in [5, 5.41) is 20.4. The van der Waals surface area contributed by atoms with Crippen molar-refractivity contribution in [3.63, 3.8) is 0 Å². The number of aliphatic hydroxyl groups is 1. The maximum absolute atomic E-state index is 12.3. The molecule has 0 saturated heterocycles. The third-order valence-electron chi connectivity index (χ3n) is 6.40. The molecule has 0 radical (unpaired) electrons. The summed E-state index contributed by atoms with van der Waals surface area (Å²) in [6, 6.07) is 5.54. The Morgan fingerprint density at radius 3 is 2.86 bits per heavy atom. The van der Waals surface area contributed by atoms with Crippen LogP contribution in [-0.4, -0.2) is 22.1 Å². The second kappa shape index (κ2) is 4.33. The molecule has 5 atom stereocenters. The molecule has 0 amide bonds. The monoisotopic (exact) mass is 286 g/mol. The minimum Gasteiger partial charge on any atom is -0.508 e. The zero-order valence-corrected chi connectivity index (χ0v) is 12.4. The molecule has 1 aromatic rings. The van der Waals surface area contributed by atoms with Crippen molar-refractivity contribution in [1.82, 2.24) is 0 Å². The molecule has 2 saturated carbocycles. The zero-order chi connectivity index (χ0) is 14.8. The number of aromatic hydroxyl groups is 1. The van der Waals surface area contributed by atoms with Crippen molar-refractivity contribution in [3.05, 3.63) is 29.3 Å². The first-order chi connectivity index (χ1) is 10.0. The zero-order valence-electron chi connectivity index (χ0n) is 12.4. The summed E-state index contributed by atoms with van der Waals surface area (Å²) in [5.41, 5.74) is 2.05. The fourth-order valence-electron chi connectivity index (χ4n) is 5.42. The molecular weight excluding hydrogens is 264 g/mol. The lowest BCUT2D eigenvalue weighted by atomic mass is 9.54. The Kier molecular flexibility index (Phi) is 2.74. The van der Waals surface area contributed by atoms with Crippen LogP contribution in [0, 0.1) is 17.3 Å². The predicted octanol–water partition coefficient (Wildman–Crippen LogP) is 2.79. The van der Waals surface area contributed by atoms with Crippen molar-refractivity contribution in [2.45, 2.75) is 51.0 Å². The van der Waals surface area contributed by atoms with Crippen LogP contribution in [0.15, 0.2) is 18.2 Å². The van der Waals surface area contributed by atoms with Crippen LogP contribution in [0.4, 0.5) is 0 Å². The third kappa shape index (κ3) is 1.73. The van der Waals surface area contributed by atoms with E-state index in [0.717, 1.165) is 19.3 Å². The van der Waals surface area contributed by atoms with E-state index < -0.39 is 6.10 Å². The first-order valence-corrected chi connectivity index (χ1v) is 8.04. The average Bonchev–Trinajstić information content (AvgIpc) is 2.74. The van der Waals surface area contributed by atoms with Crippen molar-refractivity contribution >= 4 is 5.78 Å². The van der Waals surface area contributed by atoms with Crippen molar-refractivity contribution in [1.29, 1.82) is 0 Å². The van der Waals surface area contributed by atoms with E-state index in [1.165, 1.54) is 11.1 Å². The highest BCUT2D eigenvalue weighted by atomic mass is 16.3. The Bertz CT molecular complexity index is 608. The van der Waals surface area contributed by atoms with E-state index in [-0.39, 0.29) is 11.3 Å². The number of rotatable bonds is 0. The van der Waals surface area contributed by atoms with Crippen LogP contribution in [-0.2, 0) is 11.2 Å². The standard InChI is InChI=1S/C18H22O3/c1-18-9-15(20)17-12-5-3-11(19)8-10(12)2-4-13(17)14(18)6-7-16(18)21/h3,5,8,13-15,17,19-20H,2,4,6-7,9H2,1H3/t13-,14-,15-,17-,18+/m1/s1. The quantitative estimate of drug-likeness (QED) is 0.771. The summed E-state index contributed by atoms with van der Waals surface area (Å²) in [6.07, 6.45) is 3.78. The van der Waals surface area contributed by atoms with Gasteiger partial charge in [0, 0.05) is 17.8 Å². The lowest BCUT2D eigenvalue weighted by Crippen LogP contribution is -2.48. The van der Waals surface area contributed by atoms with E-state index in [0.29, 0.717) is 36.2 Å². The first kappa shape index (κ1) is 13.3. The largest absolute Gasteiger partial charge is 0.508 e. The third-order valence-corrected chi connectivity index (χ3v) is 6.40. The van der Waals surface area contributed by atoms with Gasteiger partial charge in [-0.1, -0.05) is 13.0 Å². The fraction of sp³-hybridized carbons (Fsp3) is 0.611. The minimum atomic E-state index is -0.443. The number of benzene rings is 1. The lowest BCUT2D eigenvalue weighted by molar-refractivity contribution is -0.133. The van der Waals surface area contributed by atoms with Crippen LogP contribution in [0.2, 0.25) is 0 Å². The summed E-state index contributed by atoms with van der Waals surface area (Å²) in [5.74, 6) is 1.61. The Labute approximate surface area is 125 Å². The first-order valence-electron chi connectivity index (χ1n) is 8.04. The maximum atomic E-state index is 12.3. The van der Waals surface area contributed by atoms with Crippen LogP contribution in [0.5, 0.6) is 5.75 Å². The van der Waals surface area contributed by atoms with E-state index in [1.807, 2.05) is 12.1 Å². The Morgan fingerprint density at radius 1 is 1.24 bits per heavy atom. The molecule has 3 aliphatic carbocycles. The molecule has 21 heavy (non-hydrogen) atoms. The number of hydrogen-bond acceptors (Lipinski definition) is 3. The molecule has 3 aliphatic rings. The molecule has 3 nitrogen and oxygen atoms in total. The second-order valence-electron chi connectivity index (χ2n) is 7.37. The summed E-state index contributed by atoms with van der Waals surface area (Å²) < 4.78 is 0. The van der Waals surface area contributed by atoms with Crippen LogP contribution in [0.1, 0.15) is 49.7 Å². The lowest BCUT2D eigenvalue weighted by Gasteiger charge is -2.50. The Morgan fingerprint density at radius 2 is 2.05 bits per heavy atom. The summed E-state index contributed by atoms with van der Waals surface area (Å²) in [6.45, 7) is 2.07. The van der Waals surface area contributed by atoms with Gasteiger partial charge in [0.05, 0.1) is 6.10 Å². The molecule has 112 valence electrons. The number of hydrogen-bond donors (Lipinski definition) is 2. The minimum absolute atomic E-state index is 0.137. The highest BCUT2D eigenvalue weighted by Gasteiger charge is 2.57. The normalized spacial score (nSPS) is 41.3. The van der Waals surface area contributed by atoms with Crippen molar-refractivity contribution < 1.29 is 15.0 Å². The highest BCUT2D eigenvalue weighted by Crippen LogP contribution is 2.59. The van der Waals surface area contributed by atoms with Crippen LogP contribution < -0.4 is 0 Å². The number of ketones is 1. The molecule has 0 unspecified atom stereocenters. The van der Waals surface area contributed by atoms with Gasteiger partial charge in [-0.25, -0.2) is 0 Å². The Balaban J connectivity index is 1.78. The second-order valence-corrected chi connectivity index (χ2v) is 7.37. The van der Waals surface area contributed by atoms with Crippen molar-refractivity contribution in [2.75, 3.05) is 0 Å². The number of carbonyl (C=O) groups is 1. The van der Waals surface area contributed by atoms with Crippen LogP contribution >= 0.6 is 0 Å². The molecule has 0 aliphatic heterocycles.